The van der Waals surface area contributed by atoms with Gasteiger partial charge in [0, 0.05) is 20.4 Å². The van der Waals surface area contributed by atoms with Crippen LogP contribution >= 0.6 is 45.2 Å². The monoisotopic (exact) mass is 709 g/mol. The summed E-state index contributed by atoms with van der Waals surface area (Å²) in [4.78, 5) is 12.7. The van der Waals surface area contributed by atoms with Crippen molar-refractivity contribution in [2.75, 3.05) is 0 Å². The van der Waals surface area contributed by atoms with Gasteiger partial charge in [-0.1, -0.05) is 60.7 Å². The van der Waals surface area contributed by atoms with Crippen LogP contribution in [0.5, 0.6) is 5.75 Å². The molecule has 0 fully saturated rings. The first-order valence-corrected chi connectivity index (χ1v) is 13.6. The Morgan fingerprint density at radius 3 is 1.92 bits per heavy atom. The third kappa shape index (κ3) is 5.62. The topological polar surface area (TPSA) is 66.6 Å². The van der Waals surface area contributed by atoms with Gasteiger partial charge < -0.3 is 9.67 Å². The number of hydrogen-bond acceptors (Lipinski definition) is 3. The Morgan fingerprint density at radius 2 is 1.35 bits per heavy atom. The van der Waals surface area contributed by atoms with Gasteiger partial charge in [0.15, 0.2) is 0 Å². The highest BCUT2D eigenvalue weighted by Gasteiger charge is 2.14. The van der Waals surface area contributed by atoms with Crippen LogP contribution in [0.1, 0.15) is 15.9 Å². The number of carbonyl (C=O) groups is 1. The molecule has 1 amide bonds. The van der Waals surface area contributed by atoms with E-state index in [9.17, 15) is 9.90 Å². The molecule has 2 N–H and O–H groups in total. The summed E-state index contributed by atoms with van der Waals surface area (Å²) in [7, 11) is 0. The van der Waals surface area contributed by atoms with Crippen LogP contribution < -0.4 is 5.43 Å². The highest BCUT2D eigenvalue weighted by molar-refractivity contribution is 14.1. The van der Waals surface area contributed by atoms with Crippen molar-refractivity contribution in [3.8, 4) is 34.0 Å². The molecule has 1 heterocycles. The number of aromatic nitrogens is 1. The van der Waals surface area contributed by atoms with Crippen molar-refractivity contribution >= 4 is 57.3 Å². The number of nitrogens with one attached hydrogen (secondary N) is 1. The van der Waals surface area contributed by atoms with E-state index in [1.807, 2.05) is 54.6 Å². The van der Waals surface area contributed by atoms with Crippen LogP contribution in [-0.4, -0.2) is 21.8 Å². The fourth-order valence-corrected chi connectivity index (χ4v) is 5.94. The van der Waals surface area contributed by atoms with E-state index >= 15 is 0 Å². The van der Waals surface area contributed by atoms with E-state index < -0.39 is 0 Å². The molecule has 0 aliphatic rings. The lowest BCUT2D eigenvalue weighted by molar-refractivity contribution is 0.0955. The van der Waals surface area contributed by atoms with Gasteiger partial charge in [0.05, 0.1) is 21.2 Å². The molecule has 0 aliphatic carbocycles. The number of phenols is 1. The average molecular weight is 709 g/mol. The molecule has 7 heteroatoms. The van der Waals surface area contributed by atoms with Crippen molar-refractivity contribution in [2.24, 2.45) is 5.10 Å². The lowest BCUT2D eigenvalue weighted by Crippen LogP contribution is -2.17. The van der Waals surface area contributed by atoms with E-state index in [-0.39, 0.29) is 11.7 Å². The van der Waals surface area contributed by atoms with Crippen LogP contribution in [0.3, 0.4) is 0 Å². The molecule has 5 nitrogen and oxygen atoms in total. The highest BCUT2D eigenvalue weighted by atomic mass is 127. The molecule has 0 atom stereocenters. The van der Waals surface area contributed by atoms with E-state index in [4.69, 9.17) is 0 Å². The fourth-order valence-electron chi connectivity index (χ4n) is 4.05. The lowest BCUT2D eigenvalue weighted by Gasteiger charge is -2.15. The zero-order valence-corrected chi connectivity index (χ0v) is 23.8. The molecule has 37 heavy (non-hydrogen) atoms. The minimum Gasteiger partial charge on any atom is -0.506 e. The molecular weight excluding hydrogens is 688 g/mol. The van der Waals surface area contributed by atoms with E-state index in [0.717, 1.165) is 35.3 Å². The molecule has 5 rings (SSSR count). The lowest BCUT2D eigenvalue weighted by atomic mass is 10.1. The standard InChI is InChI=1S/C30H21I2N3O2/c31-24-17-23(29(36)26(32)18-24)19-33-34-30(37)22-11-13-25(14-12-22)35-27(20-7-3-1-4-8-20)15-16-28(35)21-9-5-2-6-10-21/h1-19,36H,(H,34,37)/b33-19-. The van der Waals surface area contributed by atoms with Gasteiger partial charge in [-0.3, -0.25) is 4.79 Å². The number of nitrogens with zero attached hydrogens (tertiary/aromatic N) is 2. The summed E-state index contributed by atoms with van der Waals surface area (Å²) in [5.74, 6) is -0.194. The predicted octanol–water partition coefficient (Wildman–Crippen LogP) is 7.49. The molecule has 4 aromatic carbocycles. The predicted molar refractivity (Wildman–Crippen MR) is 165 cm³/mol. The Bertz CT molecular complexity index is 1520. The third-order valence-corrected chi connectivity index (χ3v) is 7.28. The summed E-state index contributed by atoms with van der Waals surface area (Å²) >= 11 is 4.24. The van der Waals surface area contributed by atoms with Gasteiger partial charge in [-0.15, -0.1) is 0 Å². The molecule has 0 radical (unpaired) electrons. The first-order valence-electron chi connectivity index (χ1n) is 11.5. The van der Waals surface area contributed by atoms with Crippen molar-refractivity contribution in [3.63, 3.8) is 0 Å². The van der Waals surface area contributed by atoms with Crippen molar-refractivity contribution in [1.82, 2.24) is 9.99 Å². The number of rotatable bonds is 6. The van der Waals surface area contributed by atoms with Crippen LogP contribution in [0.25, 0.3) is 28.2 Å². The van der Waals surface area contributed by atoms with Gasteiger partial charge in [-0.25, -0.2) is 5.43 Å². The Hall–Kier alpha value is -3.44. The van der Waals surface area contributed by atoms with Crippen molar-refractivity contribution in [2.45, 2.75) is 0 Å². The summed E-state index contributed by atoms with van der Waals surface area (Å²) in [6.45, 7) is 0. The van der Waals surface area contributed by atoms with Crippen LogP contribution in [0, 0.1) is 7.14 Å². The second-order valence-corrected chi connectivity index (χ2v) is 10.7. The number of hydrogen-bond donors (Lipinski definition) is 2. The second-order valence-electron chi connectivity index (χ2n) is 8.24. The molecule has 0 unspecified atom stereocenters. The SMILES string of the molecule is O=C(N/N=C\c1cc(I)cc(I)c1O)c1ccc(-n2c(-c3ccccc3)ccc2-c2ccccc2)cc1. The first-order chi connectivity index (χ1) is 18.0. The summed E-state index contributed by atoms with van der Waals surface area (Å²) in [5, 5.41) is 14.3. The minimum atomic E-state index is -0.332. The number of halogens is 2. The normalized spacial score (nSPS) is 11.1. The largest absolute Gasteiger partial charge is 0.506 e. The number of aromatic hydroxyl groups is 1. The van der Waals surface area contributed by atoms with Crippen LogP contribution in [0.4, 0.5) is 0 Å². The molecule has 0 spiro atoms. The Labute approximate surface area is 242 Å². The van der Waals surface area contributed by atoms with Crippen LogP contribution in [0.2, 0.25) is 0 Å². The summed E-state index contributed by atoms with van der Waals surface area (Å²) in [6, 6.07) is 35.8. The Kier molecular flexibility index (Phi) is 7.71. The number of amides is 1. The number of hydrazone groups is 1. The van der Waals surface area contributed by atoms with Gasteiger partial charge >= 0.3 is 0 Å². The van der Waals surface area contributed by atoms with E-state index in [1.165, 1.54) is 6.21 Å². The number of benzene rings is 4. The van der Waals surface area contributed by atoms with Gasteiger partial charge in [0.1, 0.15) is 5.75 Å². The zero-order valence-electron chi connectivity index (χ0n) is 19.5. The average Bonchev–Trinajstić information content (AvgIpc) is 3.37. The maximum atomic E-state index is 12.7. The second kappa shape index (κ2) is 11.3. The molecule has 0 aliphatic heterocycles. The molecule has 1 aromatic heterocycles. The maximum Gasteiger partial charge on any atom is 0.271 e. The zero-order chi connectivity index (χ0) is 25.8. The number of phenolic OH excluding ortho intramolecular Hbond substituents is 1. The Morgan fingerprint density at radius 1 is 0.784 bits per heavy atom. The summed E-state index contributed by atoms with van der Waals surface area (Å²) in [5.41, 5.74) is 8.86. The van der Waals surface area contributed by atoms with E-state index in [2.05, 4.69) is 96.7 Å². The van der Waals surface area contributed by atoms with Crippen molar-refractivity contribution < 1.29 is 9.90 Å². The molecule has 5 aromatic rings. The summed E-state index contributed by atoms with van der Waals surface area (Å²) < 4.78 is 3.90. The van der Waals surface area contributed by atoms with Gasteiger partial charge in [0.25, 0.3) is 5.91 Å². The van der Waals surface area contributed by atoms with Gasteiger partial charge in [-0.05, 0) is 105 Å². The molecule has 182 valence electrons. The van der Waals surface area contributed by atoms with Gasteiger partial charge in [0.2, 0.25) is 0 Å². The van der Waals surface area contributed by atoms with Crippen molar-refractivity contribution in [3.05, 3.63) is 127 Å². The first kappa shape index (κ1) is 25.2. The van der Waals surface area contributed by atoms with Crippen molar-refractivity contribution in [1.29, 1.82) is 0 Å². The number of carbonyl (C=O) groups excluding carboxylic acids is 1. The minimum absolute atomic E-state index is 0.138. The molecule has 0 saturated heterocycles. The maximum absolute atomic E-state index is 12.7. The van der Waals surface area contributed by atoms with E-state index in [0.29, 0.717) is 11.1 Å². The van der Waals surface area contributed by atoms with E-state index in [1.54, 1.807) is 18.2 Å². The van der Waals surface area contributed by atoms with Gasteiger partial charge in [-0.2, -0.15) is 5.10 Å². The highest BCUT2D eigenvalue weighted by Crippen LogP contribution is 2.32. The Balaban J connectivity index is 1.42. The molecular formula is C30H21I2N3O2. The van der Waals surface area contributed by atoms with Crippen LogP contribution in [-0.2, 0) is 0 Å². The third-order valence-electron chi connectivity index (χ3n) is 5.84. The molecule has 0 bridgehead atoms. The fraction of sp³-hybridized carbons (Fsp3) is 0. The smallest absolute Gasteiger partial charge is 0.271 e. The quantitative estimate of drug-likeness (QED) is 0.109. The van der Waals surface area contributed by atoms with Crippen LogP contribution in [0.15, 0.2) is 114 Å². The summed E-state index contributed by atoms with van der Waals surface area (Å²) in [6.07, 6.45) is 1.45. The molecule has 0 saturated carbocycles.